The molecule has 0 aliphatic heterocycles. The molecule has 32 heavy (non-hydrogen) atoms. The summed E-state index contributed by atoms with van der Waals surface area (Å²) < 4.78 is 27.8. The number of thioether (sulfide) groups is 1. The normalized spacial score (nSPS) is 11.2. The first kappa shape index (κ1) is 24.2. The Morgan fingerprint density at radius 1 is 0.969 bits per heavy atom. The number of halogens is 1. The first-order chi connectivity index (χ1) is 15.4. The molecule has 0 saturated carbocycles. The molecule has 0 atom stereocenters. The van der Waals surface area contributed by atoms with Crippen molar-refractivity contribution >= 4 is 45.0 Å². The Labute approximate surface area is 198 Å². The Kier molecular flexibility index (Phi) is 8.61. The van der Waals surface area contributed by atoms with E-state index in [1.165, 1.54) is 16.4 Å². The lowest BCUT2D eigenvalue weighted by molar-refractivity contribution is -0.119. The Bertz CT molecular complexity index is 1140. The largest absolute Gasteiger partial charge is 0.354 e. The number of amides is 1. The van der Waals surface area contributed by atoms with Crippen molar-refractivity contribution in [1.29, 1.82) is 0 Å². The minimum absolute atomic E-state index is 0.148. The highest BCUT2D eigenvalue weighted by atomic mass is 35.5. The van der Waals surface area contributed by atoms with Gasteiger partial charge in [0.05, 0.1) is 10.6 Å². The fraction of sp³-hybridized carbons (Fsp3) is 0.208. The van der Waals surface area contributed by atoms with E-state index in [9.17, 15) is 13.2 Å². The fourth-order valence-electron chi connectivity index (χ4n) is 3.08. The highest BCUT2D eigenvalue weighted by Gasteiger charge is 2.27. The van der Waals surface area contributed by atoms with Gasteiger partial charge in [-0.3, -0.25) is 9.10 Å². The molecule has 0 aliphatic rings. The smallest absolute Gasteiger partial charge is 0.264 e. The molecule has 3 rings (SSSR count). The van der Waals surface area contributed by atoms with Crippen molar-refractivity contribution in [3.8, 4) is 0 Å². The SMILES string of the molecule is Cc1ccccc1N(CC(=O)NCCSCc1ccc(Cl)cc1)S(=O)(=O)c1ccccc1. The summed E-state index contributed by atoms with van der Waals surface area (Å²) in [5.74, 6) is 1.18. The molecular formula is C24H25ClN2O3S2. The summed E-state index contributed by atoms with van der Waals surface area (Å²) in [4.78, 5) is 12.8. The molecule has 0 saturated heterocycles. The van der Waals surface area contributed by atoms with Crippen LogP contribution in [0, 0.1) is 6.92 Å². The molecule has 1 amide bonds. The van der Waals surface area contributed by atoms with Crippen LogP contribution in [0.15, 0.2) is 83.8 Å². The van der Waals surface area contributed by atoms with Gasteiger partial charge in [-0.1, -0.05) is 60.1 Å². The highest BCUT2D eigenvalue weighted by Crippen LogP contribution is 2.26. The van der Waals surface area contributed by atoms with E-state index in [0.29, 0.717) is 23.0 Å². The van der Waals surface area contributed by atoms with Crippen molar-refractivity contribution in [2.75, 3.05) is 23.1 Å². The highest BCUT2D eigenvalue weighted by molar-refractivity contribution is 7.98. The number of rotatable bonds is 10. The fourth-order valence-corrected chi connectivity index (χ4v) is 5.53. The average molecular weight is 489 g/mol. The standard InChI is InChI=1S/C24H25ClN2O3S2/c1-19-7-5-6-10-23(19)27(32(29,30)22-8-3-2-4-9-22)17-24(28)26-15-16-31-18-20-11-13-21(25)14-12-20/h2-14H,15-18H2,1H3,(H,26,28). The van der Waals surface area contributed by atoms with Gasteiger partial charge in [0.15, 0.2) is 0 Å². The van der Waals surface area contributed by atoms with Crippen LogP contribution in [0.5, 0.6) is 0 Å². The molecule has 1 N–H and O–H groups in total. The second kappa shape index (κ2) is 11.4. The van der Waals surface area contributed by atoms with E-state index in [1.807, 2.05) is 43.3 Å². The monoisotopic (exact) mass is 488 g/mol. The van der Waals surface area contributed by atoms with Crippen molar-refractivity contribution in [2.24, 2.45) is 0 Å². The van der Waals surface area contributed by atoms with Gasteiger partial charge in [-0.2, -0.15) is 11.8 Å². The van der Waals surface area contributed by atoms with Crippen molar-refractivity contribution in [1.82, 2.24) is 5.32 Å². The maximum atomic E-state index is 13.3. The minimum atomic E-state index is -3.89. The summed E-state index contributed by atoms with van der Waals surface area (Å²) in [6.07, 6.45) is 0. The maximum absolute atomic E-state index is 13.3. The van der Waals surface area contributed by atoms with Crippen LogP contribution in [0.25, 0.3) is 0 Å². The number of aryl methyl sites for hydroxylation is 1. The van der Waals surface area contributed by atoms with Crippen LogP contribution in [-0.4, -0.2) is 33.2 Å². The Morgan fingerprint density at radius 2 is 1.62 bits per heavy atom. The third-order valence-electron chi connectivity index (χ3n) is 4.75. The van der Waals surface area contributed by atoms with Gasteiger partial charge in [0.1, 0.15) is 6.54 Å². The summed E-state index contributed by atoms with van der Waals surface area (Å²) in [6, 6.07) is 23.0. The number of hydrogen-bond donors (Lipinski definition) is 1. The van der Waals surface area contributed by atoms with Crippen molar-refractivity contribution in [3.63, 3.8) is 0 Å². The van der Waals surface area contributed by atoms with E-state index in [1.54, 1.807) is 42.1 Å². The number of anilines is 1. The number of carbonyl (C=O) groups excluding carboxylic acids is 1. The predicted molar refractivity (Wildman–Crippen MR) is 133 cm³/mol. The lowest BCUT2D eigenvalue weighted by atomic mass is 10.2. The van der Waals surface area contributed by atoms with E-state index in [0.717, 1.165) is 16.9 Å². The summed E-state index contributed by atoms with van der Waals surface area (Å²) in [7, 11) is -3.89. The van der Waals surface area contributed by atoms with Crippen LogP contribution in [0.3, 0.4) is 0 Å². The molecule has 0 aliphatic carbocycles. The first-order valence-corrected chi connectivity index (χ1v) is 13.1. The molecule has 0 bridgehead atoms. The molecule has 0 radical (unpaired) electrons. The van der Waals surface area contributed by atoms with Crippen LogP contribution in [-0.2, 0) is 20.6 Å². The first-order valence-electron chi connectivity index (χ1n) is 10.1. The van der Waals surface area contributed by atoms with Crippen molar-refractivity contribution < 1.29 is 13.2 Å². The number of para-hydroxylation sites is 1. The number of nitrogens with zero attached hydrogens (tertiary/aromatic N) is 1. The van der Waals surface area contributed by atoms with Crippen LogP contribution in [0.4, 0.5) is 5.69 Å². The zero-order chi connectivity index (χ0) is 23.0. The van der Waals surface area contributed by atoms with Gasteiger partial charge in [-0.25, -0.2) is 8.42 Å². The molecule has 0 unspecified atom stereocenters. The Morgan fingerprint density at radius 3 is 2.31 bits per heavy atom. The molecule has 0 fully saturated rings. The van der Waals surface area contributed by atoms with Crippen molar-refractivity contribution in [2.45, 2.75) is 17.6 Å². The van der Waals surface area contributed by atoms with Crippen LogP contribution in [0.2, 0.25) is 5.02 Å². The zero-order valence-corrected chi connectivity index (χ0v) is 20.1. The van der Waals surface area contributed by atoms with E-state index in [4.69, 9.17) is 11.6 Å². The molecule has 3 aromatic carbocycles. The maximum Gasteiger partial charge on any atom is 0.264 e. The van der Waals surface area contributed by atoms with Gasteiger partial charge in [-0.05, 0) is 48.4 Å². The number of benzene rings is 3. The van der Waals surface area contributed by atoms with Gasteiger partial charge >= 0.3 is 0 Å². The van der Waals surface area contributed by atoms with Gasteiger partial charge in [0, 0.05) is 23.1 Å². The quantitative estimate of drug-likeness (QED) is 0.412. The minimum Gasteiger partial charge on any atom is -0.354 e. The third-order valence-corrected chi connectivity index (χ3v) is 7.81. The molecule has 0 heterocycles. The second-order valence-electron chi connectivity index (χ2n) is 7.14. The molecule has 5 nitrogen and oxygen atoms in total. The summed E-state index contributed by atoms with van der Waals surface area (Å²) in [5.41, 5.74) is 2.42. The van der Waals surface area contributed by atoms with E-state index in [-0.39, 0.29) is 17.3 Å². The number of carbonyl (C=O) groups is 1. The zero-order valence-electron chi connectivity index (χ0n) is 17.7. The van der Waals surface area contributed by atoms with Gasteiger partial charge in [0.2, 0.25) is 5.91 Å². The van der Waals surface area contributed by atoms with Gasteiger partial charge < -0.3 is 5.32 Å². The summed E-state index contributed by atoms with van der Waals surface area (Å²) in [6.45, 7) is 1.99. The topological polar surface area (TPSA) is 66.5 Å². The summed E-state index contributed by atoms with van der Waals surface area (Å²) in [5, 5.41) is 3.54. The predicted octanol–water partition coefficient (Wildman–Crippen LogP) is 4.89. The molecular weight excluding hydrogens is 464 g/mol. The second-order valence-corrected chi connectivity index (χ2v) is 10.5. The molecule has 0 aromatic heterocycles. The molecule has 8 heteroatoms. The van der Waals surface area contributed by atoms with Crippen molar-refractivity contribution in [3.05, 3.63) is 95.0 Å². The van der Waals surface area contributed by atoms with Gasteiger partial charge in [-0.15, -0.1) is 0 Å². The van der Waals surface area contributed by atoms with E-state index < -0.39 is 10.0 Å². The Balaban J connectivity index is 1.62. The van der Waals surface area contributed by atoms with E-state index >= 15 is 0 Å². The molecule has 3 aromatic rings. The molecule has 168 valence electrons. The van der Waals surface area contributed by atoms with E-state index in [2.05, 4.69) is 5.32 Å². The lowest BCUT2D eigenvalue weighted by Crippen LogP contribution is -2.41. The van der Waals surface area contributed by atoms with Gasteiger partial charge in [0.25, 0.3) is 10.0 Å². The van der Waals surface area contributed by atoms with Crippen LogP contribution >= 0.6 is 23.4 Å². The Hall–Kier alpha value is -2.48. The number of sulfonamides is 1. The number of hydrogen-bond acceptors (Lipinski definition) is 4. The summed E-state index contributed by atoms with van der Waals surface area (Å²) >= 11 is 7.58. The third kappa shape index (κ3) is 6.51. The van der Waals surface area contributed by atoms with Crippen LogP contribution < -0.4 is 9.62 Å². The lowest BCUT2D eigenvalue weighted by Gasteiger charge is -2.25. The van der Waals surface area contributed by atoms with Crippen LogP contribution in [0.1, 0.15) is 11.1 Å². The number of nitrogens with one attached hydrogen (secondary N) is 1. The molecule has 0 spiro atoms. The average Bonchev–Trinajstić information content (AvgIpc) is 2.79.